The summed E-state index contributed by atoms with van der Waals surface area (Å²) in [5.74, 6) is 0.802. The molecule has 0 heterocycles. The summed E-state index contributed by atoms with van der Waals surface area (Å²) in [5, 5.41) is 18.4. The monoisotopic (exact) mass is 196 g/mol. The summed E-state index contributed by atoms with van der Waals surface area (Å²) < 4.78 is 5.15. The molecular weight excluding hydrogens is 180 g/mol. The van der Waals surface area contributed by atoms with Gasteiger partial charge in [-0.1, -0.05) is 0 Å². The molecule has 0 amide bonds. The van der Waals surface area contributed by atoms with Gasteiger partial charge in [-0.05, 0) is 42.7 Å². The van der Waals surface area contributed by atoms with E-state index in [0.717, 1.165) is 22.4 Å². The van der Waals surface area contributed by atoms with Crippen molar-refractivity contribution in [3.63, 3.8) is 0 Å². The minimum absolute atomic E-state index is 0.257. The maximum Gasteiger partial charge on any atom is 0.122 e. The van der Waals surface area contributed by atoms with Crippen LogP contribution in [0.25, 0.3) is 0 Å². The highest BCUT2D eigenvalue weighted by Crippen LogP contribution is 2.26. The second-order valence-electron chi connectivity index (χ2n) is 3.38. The van der Waals surface area contributed by atoms with Crippen LogP contribution in [0.3, 0.4) is 0 Å². The van der Waals surface area contributed by atoms with Gasteiger partial charge in [-0.25, -0.2) is 0 Å². The Labute approximate surface area is 84.0 Å². The van der Waals surface area contributed by atoms with Crippen molar-refractivity contribution in [1.82, 2.24) is 0 Å². The molecule has 0 saturated heterocycles. The molecular formula is C11H16O3. The molecule has 1 unspecified atom stereocenters. The number of rotatable bonds is 3. The fourth-order valence-corrected chi connectivity index (χ4v) is 1.49. The number of aliphatic hydroxyl groups is 2. The lowest BCUT2D eigenvalue weighted by Crippen LogP contribution is -2.05. The Morgan fingerprint density at radius 3 is 2.43 bits per heavy atom. The van der Waals surface area contributed by atoms with E-state index in [0.29, 0.717) is 0 Å². The third-order valence-corrected chi connectivity index (χ3v) is 2.32. The third kappa shape index (κ3) is 2.05. The predicted octanol–water partition coefficient (Wildman–Crippen LogP) is 1.34. The van der Waals surface area contributed by atoms with Crippen molar-refractivity contribution >= 4 is 0 Å². The summed E-state index contributed by atoms with van der Waals surface area (Å²) in [5.41, 5.74) is 2.64. The average Bonchev–Trinajstić information content (AvgIpc) is 2.19. The highest BCUT2D eigenvalue weighted by atomic mass is 16.5. The molecule has 0 fully saturated rings. The molecule has 0 aliphatic carbocycles. The van der Waals surface area contributed by atoms with Crippen LogP contribution in [0.2, 0.25) is 0 Å². The van der Waals surface area contributed by atoms with E-state index in [9.17, 15) is 5.11 Å². The largest absolute Gasteiger partial charge is 0.496 e. The number of methoxy groups -OCH3 is 1. The molecule has 0 saturated carbocycles. The Morgan fingerprint density at radius 2 is 1.93 bits per heavy atom. The number of hydrogen-bond acceptors (Lipinski definition) is 3. The zero-order valence-corrected chi connectivity index (χ0v) is 8.74. The zero-order chi connectivity index (χ0) is 10.7. The van der Waals surface area contributed by atoms with Gasteiger partial charge in [-0.3, -0.25) is 0 Å². The Morgan fingerprint density at radius 1 is 1.29 bits per heavy atom. The Bertz CT molecular complexity index is 321. The van der Waals surface area contributed by atoms with Crippen LogP contribution in [0.5, 0.6) is 5.75 Å². The highest BCUT2D eigenvalue weighted by Gasteiger charge is 2.11. The minimum Gasteiger partial charge on any atom is -0.496 e. The molecule has 1 rings (SSSR count). The van der Waals surface area contributed by atoms with Gasteiger partial charge in [0.25, 0.3) is 0 Å². The molecule has 0 aliphatic rings. The van der Waals surface area contributed by atoms with Crippen LogP contribution in [-0.2, 0) is 0 Å². The summed E-state index contributed by atoms with van der Waals surface area (Å²) >= 11 is 0. The van der Waals surface area contributed by atoms with Gasteiger partial charge in [0.15, 0.2) is 0 Å². The smallest absolute Gasteiger partial charge is 0.122 e. The van der Waals surface area contributed by atoms with E-state index < -0.39 is 6.10 Å². The molecule has 0 spiro atoms. The summed E-state index contributed by atoms with van der Waals surface area (Å²) in [6.45, 7) is 3.54. The zero-order valence-electron chi connectivity index (χ0n) is 8.74. The molecule has 14 heavy (non-hydrogen) atoms. The first-order valence-electron chi connectivity index (χ1n) is 4.54. The normalized spacial score (nSPS) is 12.6. The SMILES string of the molecule is COc1cc(C)c(C(O)CO)cc1C. The van der Waals surface area contributed by atoms with Crippen LogP contribution >= 0.6 is 0 Å². The lowest BCUT2D eigenvalue weighted by Gasteiger charge is -2.14. The Hall–Kier alpha value is -1.06. The molecule has 0 bridgehead atoms. The van der Waals surface area contributed by atoms with Crippen LogP contribution in [0.4, 0.5) is 0 Å². The first kappa shape index (κ1) is 11.0. The number of aryl methyl sites for hydroxylation is 2. The van der Waals surface area contributed by atoms with Crippen molar-refractivity contribution < 1.29 is 14.9 Å². The van der Waals surface area contributed by atoms with Crippen LogP contribution < -0.4 is 4.74 Å². The number of ether oxygens (including phenoxy) is 1. The van der Waals surface area contributed by atoms with Crippen molar-refractivity contribution in [3.8, 4) is 5.75 Å². The molecule has 2 N–H and O–H groups in total. The first-order valence-corrected chi connectivity index (χ1v) is 4.54. The van der Waals surface area contributed by atoms with E-state index in [2.05, 4.69) is 0 Å². The maximum absolute atomic E-state index is 9.51. The minimum atomic E-state index is -0.806. The van der Waals surface area contributed by atoms with Gasteiger partial charge in [-0.2, -0.15) is 0 Å². The van der Waals surface area contributed by atoms with E-state index in [-0.39, 0.29) is 6.61 Å². The Kier molecular flexibility index (Phi) is 3.49. The molecule has 78 valence electrons. The number of aliphatic hydroxyl groups excluding tert-OH is 2. The summed E-state index contributed by atoms with van der Waals surface area (Å²) in [6.07, 6.45) is -0.806. The molecule has 1 aromatic carbocycles. The molecule has 0 aliphatic heterocycles. The van der Waals surface area contributed by atoms with Crippen LogP contribution in [-0.4, -0.2) is 23.9 Å². The molecule has 0 radical (unpaired) electrons. The highest BCUT2D eigenvalue weighted by molar-refractivity contribution is 5.42. The third-order valence-electron chi connectivity index (χ3n) is 2.32. The second-order valence-corrected chi connectivity index (χ2v) is 3.38. The lowest BCUT2D eigenvalue weighted by molar-refractivity contribution is 0.0950. The molecule has 3 nitrogen and oxygen atoms in total. The summed E-state index contributed by atoms with van der Waals surface area (Å²) in [7, 11) is 1.61. The van der Waals surface area contributed by atoms with E-state index in [1.54, 1.807) is 7.11 Å². The fraction of sp³-hybridized carbons (Fsp3) is 0.455. The van der Waals surface area contributed by atoms with Crippen molar-refractivity contribution in [2.45, 2.75) is 20.0 Å². The second kappa shape index (κ2) is 4.44. The average molecular weight is 196 g/mol. The molecule has 1 aromatic rings. The predicted molar refractivity (Wildman–Crippen MR) is 54.5 cm³/mol. The first-order chi connectivity index (χ1) is 6.60. The van der Waals surface area contributed by atoms with Crippen molar-refractivity contribution in [1.29, 1.82) is 0 Å². The lowest BCUT2D eigenvalue weighted by atomic mass is 10.0. The summed E-state index contributed by atoms with van der Waals surface area (Å²) in [6, 6.07) is 3.71. The van der Waals surface area contributed by atoms with Gasteiger partial charge >= 0.3 is 0 Å². The van der Waals surface area contributed by atoms with E-state index in [1.165, 1.54) is 0 Å². The Balaban J connectivity index is 3.14. The van der Waals surface area contributed by atoms with Gasteiger partial charge in [-0.15, -0.1) is 0 Å². The molecule has 3 heteroatoms. The van der Waals surface area contributed by atoms with Crippen LogP contribution in [0.15, 0.2) is 12.1 Å². The van der Waals surface area contributed by atoms with Gasteiger partial charge in [0.1, 0.15) is 11.9 Å². The van der Waals surface area contributed by atoms with Gasteiger partial charge in [0.2, 0.25) is 0 Å². The maximum atomic E-state index is 9.51. The van der Waals surface area contributed by atoms with E-state index in [1.807, 2.05) is 26.0 Å². The van der Waals surface area contributed by atoms with E-state index in [4.69, 9.17) is 9.84 Å². The number of hydrogen-bond donors (Lipinski definition) is 2. The quantitative estimate of drug-likeness (QED) is 0.767. The number of benzene rings is 1. The van der Waals surface area contributed by atoms with Gasteiger partial charge in [0.05, 0.1) is 13.7 Å². The van der Waals surface area contributed by atoms with E-state index >= 15 is 0 Å². The summed E-state index contributed by atoms with van der Waals surface area (Å²) in [4.78, 5) is 0. The molecule has 1 atom stereocenters. The molecule has 0 aromatic heterocycles. The standard InChI is InChI=1S/C11H16O3/c1-7-5-11(14-3)8(2)4-9(7)10(13)6-12/h4-5,10,12-13H,6H2,1-3H3. The van der Waals surface area contributed by atoms with Gasteiger partial charge < -0.3 is 14.9 Å². The van der Waals surface area contributed by atoms with Crippen molar-refractivity contribution in [2.24, 2.45) is 0 Å². The van der Waals surface area contributed by atoms with Gasteiger partial charge in [0, 0.05) is 0 Å². The van der Waals surface area contributed by atoms with Crippen LogP contribution in [0.1, 0.15) is 22.8 Å². The topological polar surface area (TPSA) is 49.7 Å². The fourth-order valence-electron chi connectivity index (χ4n) is 1.49. The van der Waals surface area contributed by atoms with Crippen molar-refractivity contribution in [3.05, 3.63) is 28.8 Å². The van der Waals surface area contributed by atoms with Crippen molar-refractivity contribution in [2.75, 3.05) is 13.7 Å². The van der Waals surface area contributed by atoms with Crippen LogP contribution in [0, 0.1) is 13.8 Å².